The number of nitrogens with zero attached hydrogens (tertiary/aromatic N) is 2. The van der Waals surface area contributed by atoms with Crippen LogP contribution in [0.1, 0.15) is 11.1 Å². The quantitative estimate of drug-likeness (QED) is 0.737. The summed E-state index contributed by atoms with van der Waals surface area (Å²) in [5.41, 5.74) is -0.354. The molecule has 0 bridgehead atoms. The zero-order chi connectivity index (χ0) is 19.7. The second-order valence-corrected chi connectivity index (χ2v) is 8.23. The molecule has 0 unspecified atom stereocenters. The lowest BCUT2D eigenvalue weighted by atomic mass is 10.2. The maximum absolute atomic E-state index is 13.7. The Kier molecular flexibility index (Phi) is 5.55. The first kappa shape index (κ1) is 19.8. The van der Waals surface area contributed by atoms with Crippen molar-refractivity contribution in [1.82, 2.24) is 9.21 Å². The van der Waals surface area contributed by atoms with Crippen molar-refractivity contribution >= 4 is 10.0 Å². The van der Waals surface area contributed by atoms with Gasteiger partial charge in [0, 0.05) is 38.3 Å². The number of hydrogen-bond acceptors (Lipinski definition) is 3. The average molecular weight is 402 g/mol. The van der Waals surface area contributed by atoms with Crippen LogP contribution in [0.15, 0.2) is 53.4 Å². The van der Waals surface area contributed by atoms with E-state index in [1.807, 2.05) is 4.90 Å². The largest absolute Gasteiger partial charge is 0.416 e. The molecule has 4 nitrogen and oxygen atoms in total. The van der Waals surface area contributed by atoms with E-state index in [1.54, 1.807) is 18.2 Å². The molecule has 9 heteroatoms. The monoisotopic (exact) mass is 402 g/mol. The Bertz CT molecular complexity index is 890. The normalized spacial score (nSPS) is 17.2. The van der Waals surface area contributed by atoms with Crippen LogP contribution in [0, 0.1) is 5.82 Å². The number of sulfonamides is 1. The zero-order valence-corrected chi connectivity index (χ0v) is 15.1. The van der Waals surface area contributed by atoms with Gasteiger partial charge >= 0.3 is 6.18 Å². The average Bonchev–Trinajstić information content (AvgIpc) is 2.63. The molecule has 146 valence electrons. The predicted octanol–water partition coefficient (Wildman–Crippen LogP) is 3.35. The Hall–Kier alpha value is -1.97. The standard InChI is InChI=1S/C18H18F4N2O2S/c19-17-4-2-1-3-14(17)13-23-9-11-24(12-10-23)27(25,26)16-7-5-15(6-8-16)18(20,21)22/h1-8H,9-13H2. The second-order valence-electron chi connectivity index (χ2n) is 6.29. The van der Waals surface area contributed by atoms with Crippen LogP contribution in [0.2, 0.25) is 0 Å². The molecule has 0 aromatic heterocycles. The molecule has 0 spiro atoms. The molecule has 0 aliphatic carbocycles. The molecule has 1 heterocycles. The van der Waals surface area contributed by atoms with E-state index in [0.29, 0.717) is 25.2 Å². The van der Waals surface area contributed by atoms with Gasteiger partial charge in [0.2, 0.25) is 10.0 Å². The minimum absolute atomic E-state index is 0.168. The van der Waals surface area contributed by atoms with E-state index >= 15 is 0 Å². The first-order valence-corrected chi connectivity index (χ1v) is 9.75. The Morgan fingerprint density at radius 1 is 0.889 bits per heavy atom. The SMILES string of the molecule is O=S(=O)(c1ccc(C(F)(F)F)cc1)N1CCN(Cc2ccccc2F)CC1. The maximum atomic E-state index is 13.7. The van der Waals surface area contributed by atoms with E-state index in [1.165, 1.54) is 10.4 Å². The third kappa shape index (κ3) is 4.48. The highest BCUT2D eigenvalue weighted by molar-refractivity contribution is 7.89. The smallest absolute Gasteiger partial charge is 0.296 e. The van der Waals surface area contributed by atoms with Crippen LogP contribution in [0.4, 0.5) is 17.6 Å². The fourth-order valence-electron chi connectivity index (χ4n) is 2.96. The number of piperazine rings is 1. The number of alkyl halides is 3. The molecular weight excluding hydrogens is 384 g/mol. The van der Waals surface area contributed by atoms with E-state index in [4.69, 9.17) is 0 Å². The van der Waals surface area contributed by atoms with Crippen molar-refractivity contribution in [2.45, 2.75) is 17.6 Å². The first-order valence-electron chi connectivity index (χ1n) is 8.31. The third-order valence-corrected chi connectivity index (χ3v) is 6.42. The summed E-state index contributed by atoms with van der Waals surface area (Å²) in [6.45, 7) is 1.58. The molecule has 0 radical (unpaired) electrons. The molecule has 2 aromatic carbocycles. The van der Waals surface area contributed by atoms with Crippen molar-refractivity contribution in [2.24, 2.45) is 0 Å². The summed E-state index contributed by atoms with van der Waals surface area (Å²) in [6, 6.07) is 9.88. The first-order chi connectivity index (χ1) is 12.7. The van der Waals surface area contributed by atoms with Gasteiger partial charge in [-0.3, -0.25) is 4.90 Å². The van der Waals surface area contributed by atoms with Crippen molar-refractivity contribution in [3.05, 3.63) is 65.5 Å². The Balaban J connectivity index is 1.65. The van der Waals surface area contributed by atoms with Gasteiger partial charge in [0.15, 0.2) is 0 Å². The zero-order valence-electron chi connectivity index (χ0n) is 14.3. The van der Waals surface area contributed by atoms with Gasteiger partial charge in [0.25, 0.3) is 0 Å². The van der Waals surface area contributed by atoms with Crippen LogP contribution in [-0.4, -0.2) is 43.8 Å². The maximum Gasteiger partial charge on any atom is 0.416 e. The molecule has 3 rings (SSSR count). The van der Waals surface area contributed by atoms with E-state index in [-0.39, 0.29) is 23.8 Å². The minimum Gasteiger partial charge on any atom is -0.296 e. The van der Waals surface area contributed by atoms with Crippen molar-refractivity contribution in [1.29, 1.82) is 0 Å². The summed E-state index contributed by atoms with van der Waals surface area (Å²) in [5.74, 6) is -0.308. The van der Waals surface area contributed by atoms with Gasteiger partial charge in [-0.15, -0.1) is 0 Å². The third-order valence-electron chi connectivity index (χ3n) is 4.50. The molecule has 1 aliphatic rings. The number of hydrogen-bond donors (Lipinski definition) is 0. The minimum atomic E-state index is -4.51. The number of rotatable bonds is 4. The van der Waals surface area contributed by atoms with Gasteiger partial charge in [0.1, 0.15) is 5.82 Å². The van der Waals surface area contributed by atoms with Crippen molar-refractivity contribution in [2.75, 3.05) is 26.2 Å². The van der Waals surface area contributed by atoms with Gasteiger partial charge in [-0.1, -0.05) is 18.2 Å². The molecule has 1 saturated heterocycles. The van der Waals surface area contributed by atoms with Crippen molar-refractivity contribution < 1.29 is 26.0 Å². The van der Waals surface area contributed by atoms with Gasteiger partial charge in [-0.25, -0.2) is 12.8 Å². The summed E-state index contributed by atoms with van der Waals surface area (Å²) in [6.07, 6.45) is -4.51. The molecule has 1 fully saturated rings. The van der Waals surface area contributed by atoms with E-state index in [2.05, 4.69) is 0 Å². The van der Waals surface area contributed by atoms with Crippen LogP contribution in [-0.2, 0) is 22.7 Å². The van der Waals surface area contributed by atoms with Gasteiger partial charge in [0.05, 0.1) is 10.5 Å². The molecule has 0 saturated carbocycles. The number of halogens is 4. The van der Waals surface area contributed by atoms with Crippen LogP contribution in [0.5, 0.6) is 0 Å². The summed E-state index contributed by atoms with van der Waals surface area (Å²) < 4.78 is 78.1. The highest BCUT2D eigenvalue weighted by atomic mass is 32.2. The van der Waals surface area contributed by atoms with Crippen LogP contribution < -0.4 is 0 Å². The van der Waals surface area contributed by atoms with E-state index < -0.39 is 21.8 Å². The Morgan fingerprint density at radius 2 is 1.48 bits per heavy atom. The van der Waals surface area contributed by atoms with Crippen molar-refractivity contribution in [3.63, 3.8) is 0 Å². The summed E-state index contributed by atoms with van der Waals surface area (Å²) in [7, 11) is -3.86. The number of benzene rings is 2. The lowest BCUT2D eigenvalue weighted by Crippen LogP contribution is -2.48. The fraction of sp³-hybridized carbons (Fsp3) is 0.333. The molecule has 1 aliphatic heterocycles. The summed E-state index contributed by atoms with van der Waals surface area (Å²) >= 11 is 0. The lowest BCUT2D eigenvalue weighted by Gasteiger charge is -2.34. The molecular formula is C18H18F4N2O2S. The molecule has 0 N–H and O–H groups in total. The summed E-state index contributed by atoms with van der Waals surface area (Å²) in [5, 5.41) is 0. The summed E-state index contributed by atoms with van der Waals surface area (Å²) in [4.78, 5) is 1.77. The highest BCUT2D eigenvalue weighted by Gasteiger charge is 2.32. The van der Waals surface area contributed by atoms with Crippen molar-refractivity contribution in [3.8, 4) is 0 Å². The molecule has 2 aromatic rings. The highest BCUT2D eigenvalue weighted by Crippen LogP contribution is 2.30. The molecule has 0 atom stereocenters. The topological polar surface area (TPSA) is 40.6 Å². The van der Waals surface area contributed by atoms with Gasteiger partial charge in [-0.2, -0.15) is 17.5 Å². The fourth-order valence-corrected chi connectivity index (χ4v) is 4.38. The van der Waals surface area contributed by atoms with Gasteiger partial charge in [-0.05, 0) is 30.3 Å². The van der Waals surface area contributed by atoms with E-state index in [0.717, 1.165) is 24.3 Å². The van der Waals surface area contributed by atoms with E-state index in [9.17, 15) is 26.0 Å². The van der Waals surface area contributed by atoms with Crippen LogP contribution in [0.3, 0.4) is 0 Å². The molecule has 27 heavy (non-hydrogen) atoms. The molecule has 0 amide bonds. The Morgan fingerprint density at radius 3 is 2.04 bits per heavy atom. The second kappa shape index (κ2) is 7.57. The predicted molar refractivity (Wildman–Crippen MR) is 91.9 cm³/mol. The van der Waals surface area contributed by atoms with Gasteiger partial charge < -0.3 is 0 Å². The lowest BCUT2D eigenvalue weighted by molar-refractivity contribution is -0.137. The van der Waals surface area contributed by atoms with Crippen LogP contribution >= 0.6 is 0 Å². The van der Waals surface area contributed by atoms with Crippen LogP contribution in [0.25, 0.3) is 0 Å². The Labute approximate surface area is 155 Å².